The zero-order chi connectivity index (χ0) is 19.1. The fourth-order valence-corrected chi connectivity index (χ4v) is 2.59. The van der Waals surface area contributed by atoms with Crippen molar-refractivity contribution < 1.29 is 14.3 Å². The van der Waals surface area contributed by atoms with Crippen molar-refractivity contribution in [3.8, 4) is 11.5 Å². The van der Waals surface area contributed by atoms with Gasteiger partial charge in [-0.15, -0.1) is 0 Å². The smallest absolute Gasteiger partial charge is 0.255 e. The number of carbonyl (C=O) groups excluding carboxylic acids is 1. The molecule has 3 aromatic carbocycles. The van der Waals surface area contributed by atoms with Crippen molar-refractivity contribution in [3.05, 3.63) is 83.9 Å². The summed E-state index contributed by atoms with van der Waals surface area (Å²) in [6, 6.07) is 22.5. The van der Waals surface area contributed by atoms with E-state index in [0.717, 1.165) is 28.4 Å². The Morgan fingerprint density at radius 2 is 1.52 bits per heavy atom. The Hall–Kier alpha value is -3.47. The van der Waals surface area contributed by atoms with Crippen molar-refractivity contribution in [2.45, 2.75) is 6.54 Å². The first kappa shape index (κ1) is 18.3. The quantitative estimate of drug-likeness (QED) is 0.646. The second-order valence-corrected chi connectivity index (χ2v) is 5.97. The molecule has 138 valence electrons. The third-order valence-corrected chi connectivity index (χ3v) is 4.13. The highest BCUT2D eigenvalue weighted by molar-refractivity contribution is 6.04. The third kappa shape index (κ3) is 5.01. The lowest BCUT2D eigenvalue weighted by atomic mass is 10.1. The van der Waals surface area contributed by atoms with Gasteiger partial charge in [0.2, 0.25) is 0 Å². The summed E-state index contributed by atoms with van der Waals surface area (Å²) in [6.45, 7) is 0.660. The van der Waals surface area contributed by atoms with Gasteiger partial charge in [0.05, 0.1) is 14.2 Å². The molecule has 5 heteroatoms. The number of nitrogens with one attached hydrogen (secondary N) is 2. The molecule has 2 N–H and O–H groups in total. The molecule has 0 aliphatic rings. The van der Waals surface area contributed by atoms with Gasteiger partial charge in [-0.05, 0) is 54.1 Å². The average molecular weight is 362 g/mol. The van der Waals surface area contributed by atoms with Crippen LogP contribution in [0.1, 0.15) is 15.9 Å². The lowest BCUT2D eigenvalue weighted by molar-refractivity contribution is 0.102. The number of methoxy groups -OCH3 is 2. The Morgan fingerprint density at radius 1 is 0.815 bits per heavy atom. The summed E-state index contributed by atoms with van der Waals surface area (Å²) >= 11 is 0. The molecular weight excluding hydrogens is 340 g/mol. The molecule has 0 aliphatic heterocycles. The van der Waals surface area contributed by atoms with E-state index in [-0.39, 0.29) is 5.91 Å². The summed E-state index contributed by atoms with van der Waals surface area (Å²) in [6.07, 6.45) is 0. The molecule has 0 aromatic heterocycles. The lowest BCUT2D eigenvalue weighted by Crippen LogP contribution is -2.12. The van der Waals surface area contributed by atoms with E-state index >= 15 is 0 Å². The van der Waals surface area contributed by atoms with E-state index in [9.17, 15) is 4.79 Å². The zero-order valence-corrected chi connectivity index (χ0v) is 15.4. The Labute approximate surface area is 158 Å². The number of amides is 1. The van der Waals surface area contributed by atoms with Crippen LogP contribution < -0.4 is 20.1 Å². The zero-order valence-electron chi connectivity index (χ0n) is 15.4. The Balaban J connectivity index is 1.57. The normalized spacial score (nSPS) is 10.1. The van der Waals surface area contributed by atoms with Crippen molar-refractivity contribution in [3.63, 3.8) is 0 Å². The van der Waals surface area contributed by atoms with Crippen molar-refractivity contribution in [1.29, 1.82) is 0 Å². The van der Waals surface area contributed by atoms with Crippen molar-refractivity contribution in [2.24, 2.45) is 0 Å². The molecule has 0 spiro atoms. The van der Waals surface area contributed by atoms with Gasteiger partial charge in [-0.3, -0.25) is 4.79 Å². The van der Waals surface area contributed by atoms with Crippen LogP contribution in [0.4, 0.5) is 11.4 Å². The maximum atomic E-state index is 12.4. The van der Waals surface area contributed by atoms with E-state index in [1.807, 2.05) is 72.8 Å². The molecule has 0 aliphatic carbocycles. The van der Waals surface area contributed by atoms with Crippen LogP contribution in [0, 0.1) is 0 Å². The van der Waals surface area contributed by atoms with Crippen LogP contribution in [-0.2, 0) is 6.54 Å². The third-order valence-electron chi connectivity index (χ3n) is 4.13. The van der Waals surface area contributed by atoms with Gasteiger partial charge in [0.15, 0.2) is 0 Å². The van der Waals surface area contributed by atoms with Gasteiger partial charge in [0, 0.05) is 29.5 Å². The van der Waals surface area contributed by atoms with E-state index in [2.05, 4.69) is 10.6 Å². The first-order valence-electron chi connectivity index (χ1n) is 8.60. The minimum atomic E-state index is -0.146. The molecule has 3 rings (SSSR count). The molecular formula is C22H22N2O3. The van der Waals surface area contributed by atoms with E-state index in [1.165, 1.54) is 0 Å². The second-order valence-electron chi connectivity index (χ2n) is 5.97. The molecule has 5 nitrogen and oxygen atoms in total. The van der Waals surface area contributed by atoms with E-state index in [4.69, 9.17) is 9.47 Å². The number of hydrogen-bond acceptors (Lipinski definition) is 4. The topological polar surface area (TPSA) is 59.6 Å². The average Bonchev–Trinajstić information content (AvgIpc) is 2.73. The van der Waals surface area contributed by atoms with Crippen LogP contribution in [0.2, 0.25) is 0 Å². The van der Waals surface area contributed by atoms with Crippen molar-refractivity contribution >= 4 is 17.3 Å². The standard InChI is InChI=1S/C22H22N2O3/c1-26-20-12-10-18(11-13-20)24-22(25)17-8-6-16(7-9-17)15-23-19-4-3-5-21(14-19)27-2/h3-14,23H,15H2,1-2H3,(H,24,25). The fourth-order valence-electron chi connectivity index (χ4n) is 2.59. The van der Waals surface area contributed by atoms with Crippen LogP contribution in [0.25, 0.3) is 0 Å². The molecule has 0 heterocycles. The summed E-state index contributed by atoms with van der Waals surface area (Å²) in [5.74, 6) is 1.42. The first-order chi connectivity index (χ1) is 13.2. The van der Waals surface area contributed by atoms with Crippen molar-refractivity contribution in [1.82, 2.24) is 0 Å². The Bertz CT molecular complexity index is 890. The van der Waals surface area contributed by atoms with Gasteiger partial charge in [-0.1, -0.05) is 18.2 Å². The number of benzene rings is 3. The van der Waals surface area contributed by atoms with Crippen LogP contribution in [0.3, 0.4) is 0 Å². The molecule has 0 atom stereocenters. The molecule has 1 amide bonds. The van der Waals surface area contributed by atoms with E-state index < -0.39 is 0 Å². The summed E-state index contributed by atoms with van der Waals surface area (Å²) in [5.41, 5.74) is 3.40. The predicted octanol–water partition coefficient (Wildman–Crippen LogP) is 4.57. The monoisotopic (exact) mass is 362 g/mol. The summed E-state index contributed by atoms with van der Waals surface area (Å²) in [4.78, 5) is 12.4. The van der Waals surface area contributed by atoms with Crippen LogP contribution in [0.15, 0.2) is 72.8 Å². The van der Waals surface area contributed by atoms with Gasteiger partial charge in [-0.2, -0.15) is 0 Å². The molecule has 0 saturated carbocycles. The molecule has 27 heavy (non-hydrogen) atoms. The van der Waals surface area contributed by atoms with Gasteiger partial charge in [0.1, 0.15) is 11.5 Å². The van der Waals surface area contributed by atoms with Gasteiger partial charge < -0.3 is 20.1 Å². The highest BCUT2D eigenvalue weighted by Crippen LogP contribution is 2.18. The Morgan fingerprint density at radius 3 is 2.19 bits per heavy atom. The molecule has 0 bridgehead atoms. The highest BCUT2D eigenvalue weighted by atomic mass is 16.5. The molecule has 0 fully saturated rings. The Kier molecular flexibility index (Phi) is 5.94. The summed E-state index contributed by atoms with van der Waals surface area (Å²) in [5, 5.41) is 6.22. The van der Waals surface area contributed by atoms with Crippen LogP contribution >= 0.6 is 0 Å². The van der Waals surface area contributed by atoms with E-state index in [0.29, 0.717) is 12.1 Å². The van der Waals surface area contributed by atoms with Gasteiger partial charge >= 0.3 is 0 Å². The molecule has 0 unspecified atom stereocenters. The first-order valence-corrected chi connectivity index (χ1v) is 8.60. The number of hydrogen-bond donors (Lipinski definition) is 2. The SMILES string of the molecule is COc1ccc(NC(=O)c2ccc(CNc3cccc(OC)c3)cc2)cc1. The van der Waals surface area contributed by atoms with Crippen LogP contribution in [-0.4, -0.2) is 20.1 Å². The number of ether oxygens (including phenoxy) is 2. The van der Waals surface area contributed by atoms with Crippen LogP contribution in [0.5, 0.6) is 11.5 Å². The maximum Gasteiger partial charge on any atom is 0.255 e. The largest absolute Gasteiger partial charge is 0.497 e. The molecule has 0 saturated heterocycles. The predicted molar refractivity (Wildman–Crippen MR) is 108 cm³/mol. The van der Waals surface area contributed by atoms with Gasteiger partial charge in [0.25, 0.3) is 5.91 Å². The molecule has 3 aromatic rings. The fraction of sp³-hybridized carbons (Fsp3) is 0.136. The minimum Gasteiger partial charge on any atom is -0.497 e. The molecule has 0 radical (unpaired) electrons. The number of rotatable bonds is 7. The van der Waals surface area contributed by atoms with Crippen molar-refractivity contribution in [2.75, 3.05) is 24.9 Å². The number of anilines is 2. The second kappa shape index (κ2) is 8.76. The van der Waals surface area contributed by atoms with E-state index in [1.54, 1.807) is 14.2 Å². The highest BCUT2D eigenvalue weighted by Gasteiger charge is 2.06. The minimum absolute atomic E-state index is 0.146. The summed E-state index contributed by atoms with van der Waals surface area (Å²) < 4.78 is 10.3. The van der Waals surface area contributed by atoms with Gasteiger partial charge in [-0.25, -0.2) is 0 Å². The maximum absolute atomic E-state index is 12.4. The summed E-state index contributed by atoms with van der Waals surface area (Å²) in [7, 11) is 3.26. The number of carbonyl (C=O) groups is 1. The lowest BCUT2D eigenvalue weighted by Gasteiger charge is -2.09.